The van der Waals surface area contributed by atoms with E-state index in [1.807, 2.05) is 20.8 Å². The molecular weight excluding hydrogens is 322 g/mol. The quantitative estimate of drug-likeness (QED) is 0.576. The van der Waals surface area contributed by atoms with Crippen molar-refractivity contribution in [2.24, 2.45) is 11.8 Å². The second kappa shape index (κ2) is 7.77. The van der Waals surface area contributed by atoms with E-state index >= 15 is 0 Å². The van der Waals surface area contributed by atoms with E-state index in [-0.39, 0.29) is 12.0 Å². The Labute approximate surface area is 150 Å². The van der Waals surface area contributed by atoms with Crippen molar-refractivity contribution in [3.8, 4) is 0 Å². The molecule has 25 heavy (non-hydrogen) atoms. The number of allylic oxidation sites excluding steroid dienone is 1. The Balaban J connectivity index is 2.20. The summed E-state index contributed by atoms with van der Waals surface area (Å²) < 4.78 is 16.4. The molecule has 3 atom stereocenters. The number of carbonyl (C=O) groups excluding carboxylic acids is 2. The topological polar surface area (TPSA) is 65.1 Å². The van der Waals surface area contributed by atoms with Crippen LogP contribution in [0.15, 0.2) is 11.6 Å². The van der Waals surface area contributed by atoms with Gasteiger partial charge in [0.1, 0.15) is 5.60 Å². The predicted molar refractivity (Wildman–Crippen MR) is 94.1 cm³/mol. The van der Waals surface area contributed by atoms with Crippen molar-refractivity contribution in [2.45, 2.75) is 65.2 Å². The summed E-state index contributed by atoms with van der Waals surface area (Å²) in [7, 11) is 1.34. The highest BCUT2D eigenvalue weighted by Crippen LogP contribution is 2.36. The Bertz CT molecular complexity index is 534. The fourth-order valence-corrected chi connectivity index (χ4v) is 3.59. The number of esters is 1. The zero-order valence-corrected chi connectivity index (χ0v) is 16.2. The van der Waals surface area contributed by atoms with Gasteiger partial charge in [-0.3, -0.25) is 4.90 Å². The normalized spacial score (nSPS) is 26.8. The fourth-order valence-electron chi connectivity index (χ4n) is 3.59. The Morgan fingerprint density at radius 2 is 2.04 bits per heavy atom. The maximum atomic E-state index is 12.6. The molecule has 6 heteroatoms. The van der Waals surface area contributed by atoms with E-state index in [9.17, 15) is 9.59 Å². The van der Waals surface area contributed by atoms with Crippen LogP contribution in [-0.4, -0.2) is 55.0 Å². The van der Waals surface area contributed by atoms with E-state index in [4.69, 9.17) is 14.2 Å². The number of hydrogen-bond acceptors (Lipinski definition) is 5. The second-order valence-corrected chi connectivity index (χ2v) is 8.32. The zero-order chi connectivity index (χ0) is 18.8. The summed E-state index contributed by atoms with van der Waals surface area (Å²) in [5.41, 5.74) is 0.712. The van der Waals surface area contributed by atoms with Gasteiger partial charge in [-0.05, 0) is 39.5 Å². The van der Waals surface area contributed by atoms with Gasteiger partial charge in [-0.1, -0.05) is 25.5 Å². The number of amides is 1. The summed E-state index contributed by atoms with van der Waals surface area (Å²) >= 11 is 0. The van der Waals surface area contributed by atoms with Crippen LogP contribution in [-0.2, 0) is 19.0 Å². The van der Waals surface area contributed by atoms with E-state index in [0.29, 0.717) is 19.1 Å². The van der Waals surface area contributed by atoms with Crippen molar-refractivity contribution in [1.29, 1.82) is 0 Å². The van der Waals surface area contributed by atoms with E-state index in [0.717, 1.165) is 12.8 Å². The number of hydrogen-bond donors (Lipinski definition) is 0. The molecule has 2 aliphatic rings. The third-order valence-electron chi connectivity index (χ3n) is 4.47. The molecule has 6 nitrogen and oxygen atoms in total. The number of likely N-dealkylation sites (tertiary alicyclic amines) is 1. The molecule has 0 spiro atoms. The minimum absolute atomic E-state index is 0.0733. The first kappa shape index (κ1) is 19.8. The molecular formula is C19H31NO5. The van der Waals surface area contributed by atoms with Crippen LogP contribution >= 0.6 is 0 Å². The summed E-state index contributed by atoms with van der Waals surface area (Å²) in [6.45, 7) is 10.7. The number of fused-ring (bicyclic) bond motifs is 1. The third-order valence-corrected chi connectivity index (χ3v) is 4.47. The van der Waals surface area contributed by atoms with Crippen molar-refractivity contribution in [3.05, 3.63) is 11.6 Å². The lowest BCUT2D eigenvalue weighted by molar-refractivity contribution is -0.150. The molecule has 0 aromatic heterocycles. The largest absolute Gasteiger partial charge is 0.467 e. The van der Waals surface area contributed by atoms with Crippen LogP contribution in [0.4, 0.5) is 4.79 Å². The van der Waals surface area contributed by atoms with Gasteiger partial charge in [0.15, 0.2) is 6.04 Å². The number of ether oxygens (including phenoxy) is 3. The summed E-state index contributed by atoms with van der Waals surface area (Å²) in [6, 6.07) is -0.753. The number of carbonyl (C=O) groups is 2. The maximum absolute atomic E-state index is 12.6. The highest BCUT2D eigenvalue weighted by atomic mass is 16.6. The molecule has 0 radical (unpaired) electrons. The average Bonchev–Trinajstić information content (AvgIpc) is 2.72. The standard InChI is InChI=1S/C19H31NO5/c1-12(2)9-13-7-8-24-16-14(10-13)11-20(15(16)17(21)23-6)18(22)25-19(3,4)5/h7,12,14-16H,8-11H2,1-6H3/t14-,15-,16+/m0/s1. The van der Waals surface area contributed by atoms with Crippen molar-refractivity contribution < 1.29 is 23.8 Å². The zero-order valence-electron chi connectivity index (χ0n) is 16.2. The van der Waals surface area contributed by atoms with Gasteiger partial charge in [-0.15, -0.1) is 0 Å². The Morgan fingerprint density at radius 1 is 1.36 bits per heavy atom. The average molecular weight is 353 g/mol. The first-order valence-electron chi connectivity index (χ1n) is 8.99. The Hall–Kier alpha value is -1.56. The predicted octanol–water partition coefficient (Wildman–Crippen LogP) is 3.16. The van der Waals surface area contributed by atoms with Crippen molar-refractivity contribution in [2.75, 3.05) is 20.3 Å². The number of nitrogens with zero attached hydrogens (tertiary/aromatic N) is 1. The molecule has 1 amide bonds. The van der Waals surface area contributed by atoms with Crippen molar-refractivity contribution in [1.82, 2.24) is 4.90 Å². The molecule has 2 aliphatic heterocycles. The minimum Gasteiger partial charge on any atom is -0.467 e. The lowest BCUT2D eigenvalue weighted by Gasteiger charge is -2.28. The molecule has 2 heterocycles. The van der Waals surface area contributed by atoms with Crippen molar-refractivity contribution >= 4 is 12.1 Å². The lowest BCUT2D eigenvalue weighted by Crippen LogP contribution is -2.48. The smallest absolute Gasteiger partial charge is 0.411 e. The molecule has 0 aromatic carbocycles. The van der Waals surface area contributed by atoms with Gasteiger partial charge in [0.05, 0.1) is 19.8 Å². The van der Waals surface area contributed by atoms with Gasteiger partial charge < -0.3 is 14.2 Å². The van der Waals surface area contributed by atoms with Crippen LogP contribution in [0.2, 0.25) is 0 Å². The van der Waals surface area contributed by atoms with Gasteiger partial charge in [-0.2, -0.15) is 0 Å². The van der Waals surface area contributed by atoms with Crippen LogP contribution in [0, 0.1) is 11.8 Å². The van der Waals surface area contributed by atoms with Crippen LogP contribution in [0.3, 0.4) is 0 Å². The van der Waals surface area contributed by atoms with E-state index < -0.39 is 23.7 Å². The van der Waals surface area contributed by atoms with Gasteiger partial charge in [0.25, 0.3) is 0 Å². The second-order valence-electron chi connectivity index (χ2n) is 8.32. The SMILES string of the molecule is COC(=O)[C@@H]1[C@@H]2OCC=C(CC(C)C)C[C@H]2CN1C(=O)OC(C)(C)C. The van der Waals surface area contributed by atoms with E-state index in [2.05, 4.69) is 19.9 Å². The summed E-state index contributed by atoms with van der Waals surface area (Å²) in [6.07, 6.45) is 3.09. The number of rotatable bonds is 3. The van der Waals surface area contributed by atoms with Gasteiger partial charge in [0.2, 0.25) is 0 Å². The monoisotopic (exact) mass is 353 g/mol. The first-order valence-corrected chi connectivity index (χ1v) is 8.99. The lowest BCUT2D eigenvalue weighted by atomic mass is 9.90. The molecule has 0 aromatic rings. The minimum atomic E-state index is -0.753. The van der Waals surface area contributed by atoms with E-state index in [1.54, 1.807) is 0 Å². The highest BCUT2D eigenvalue weighted by Gasteiger charge is 2.50. The highest BCUT2D eigenvalue weighted by molar-refractivity contribution is 5.83. The maximum Gasteiger partial charge on any atom is 0.411 e. The fraction of sp³-hybridized carbons (Fsp3) is 0.789. The molecule has 1 saturated heterocycles. The molecule has 0 N–H and O–H groups in total. The Kier molecular flexibility index (Phi) is 6.14. The molecule has 0 aliphatic carbocycles. The van der Waals surface area contributed by atoms with Crippen molar-refractivity contribution in [3.63, 3.8) is 0 Å². The third kappa shape index (κ3) is 4.97. The van der Waals surface area contributed by atoms with Crippen LogP contribution in [0.25, 0.3) is 0 Å². The molecule has 142 valence electrons. The summed E-state index contributed by atoms with van der Waals surface area (Å²) in [5, 5.41) is 0. The van der Waals surface area contributed by atoms with E-state index in [1.165, 1.54) is 17.6 Å². The summed E-state index contributed by atoms with van der Waals surface area (Å²) in [5.74, 6) is 0.178. The molecule has 1 fully saturated rings. The molecule has 0 bridgehead atoms. The first-order chi connectivity index (χ1) is 11.6. The molecule has 0 saturated carbocycles. The summed E-state index contributed by atoms with van der Waals surface area (Å²) in [4.78, 5) is 26.4. The van der Waals surface area contributed by atoms with Gasteiger partial charge in [-0.25, -0.2) is 9.59 Å². The Morgan fingerprint density at radius 3 is 2.60 bits per heavy atom. The van der Waals surface area contributed by atoms with Crippen LogP contribution in [0.1, 0.15) is 47.5 Å². The number of methoxy groups -OCH3 is 1. The molecule has 0 unspecified atom stereocenters. The van der Waals surface area contributed by atoms with Crippen LogP contribution < -0.4 is 0 Å². The van der Waals surface area contributed by atoms with Gasteiger partial charge in [0, 0.05) is 12.5 Å². The van der Waals surface area contributed by atoms with Gasteiger partial charge >= 0.3 is 12.1 Å². The molecule has 2 rings (SSSR count). The van der Waals surface area contributed by atoms with Crippen LogP contribution in [0.5, 0.6) is 0 Å².